The Kier molecular flexibility index (Phi) is 7.17. The number of nitrogen functional groups attached to an aromatic ring is 1. The summed E-state index contributed by atoms with van der Waals surface area (Å²) >= 11 is 3.31. The van der Waals surface area contributed by atoms with E-state index in [1.165, 1.54) is 28.2 Å². The first-order chi connectivity index (χ1) is 16.7. The molecule has 1 fully saturated rings. The Morgan fingerprint density at radius 1 is 1.49 bits per heavy atom. The van der Waals surface area contributed by atoms with E-state index in [4.69, 9.17) is 5.73 Å². The highest BCUT2D eigenvalue weighted by Gasteiger charge is 2.54. The van der Waals surface area contributed by atoms with Crippen molar-refractivity contribution in [2.45, 2.75) is 29.9 Å². The van der Waals surface area contributed by atoms with Crippen LogP contribution in [-0.2, 0) is 26.3 Å². The Morgan fingerprint density at radius 3 is 2.86 bits per heavy atom. The maximum absolute atomic E-state index is 13.1. The zero-order valence-corrected chi connectivity index (χ0v) is 20.4. The third-order valence-electron chi connectivity index (χ3n) is 4.65. The number of oxime groups is 1. The predicted molar refractivity (Wildman–Crippen MR) is 122 cm³/mol. The fraction of sp³-hybridized carbons (Fsp3) is 0.438. The smallest absolute Gasteiger partial charge is 0.352 e. The molecule has 19 heteroatoms. The molecule has 4 heterocycles. The lowest BCUT2D eigenvalue weighted by Crippen LogP contribution is -2.71. The number of aromatic nitrogens is 6. The third kappa shape index (κ3) is 5.05. The highest BCUT2D eigenvalue weighted by atomic mass is 32.2. The Morgan fingerprint density at radius 2 is 2.26 bits per heavy atom. The monoisotopic (exact) mass is 544 g/mol. The minimum atomic E-state index is -1.82. The van der Waals surface area contributed by atoms with Gasteiger partial charge in [0.15, 0.2) is 5.13 Å². The molecule has 0 spiro atoms. The van der Waals surface area contributed by atoms with Crippen LogP contribution >= 0.6 is 35.1 Å². The highest BCUT2D eigenvalue weighted by molar-refractivity contribution is 8.01. The normalized spacial score (nSPS) is 20.8. The minimum absolute atomic E-state index is 0.0428. The molecule has 4 N–H and O–H groups in total. The molecule has 1 saturated heterocycles. The van der Waals surface area contributed by atoms with E-state index in [2.05, 4.69) is 40.2 Å². The molecule has 2 amide bonds. The van der Waals surface area contributed by atoms with Gasteiger partial charge in [0.2, 0.25) is 16.7 Å². The lowest BCUT2D eigenvalue weighted by atomic mass is 10.0. The van der Waals surface area contributed by atoms with E-state index in [1.54, 1.807) is 7.05 Å². The number of thioether (sulfide) groups is 2. The number of carbonyl (C=O) groups is 3. The fourth-order valence-electron chi connectivity index (χ4n) is 3.14. The largest absolute Gasteiger partial charge is 0.477 e. The van der Waals surface area contributed by atoms with Crippen LogP contribution in [0.4, 0.5) is 9.52 Å². The highest BCUT2D eigenvalue weighted by Crippen LogP contribution is 2.41. The van der Waals surface area contributed by atoms with E-state index in [0.717, 1.165) is 23.4 Å². The van der Waals surface area contributed by atoms with Gasteiger partial charge in [0, 0.05) is 37.0 Å². The summed E-state index contributed by atoms with van der Waals surface area (Å²) in [4.78, 5) is 47.2. The number of carbonyl (C=O) groups excluding carboxylic acids is 2. The quantitative estimate of drug-likeness (QED) is 0.153. The zero-order chi connectivity index (χ0) is 25.3. The molecule has 186 valence electrons. The summed E-state index contributed by atoms with van der Waals surface area (Å²) < 4.78 is 18.5. The number of carboxylic acids is 1. The predicted octanol–water partition coefficient (Wildman–Crippen LogP) is -0.789. The van der Waals surface area contributed by atoms with Crippen molar-refractivity contribution in [3.05, 3.63) is 17.1 Å². The molecule has 0 radical (unpaired) electrons. The number of β-lactam (4-membered cyclic amide) rings is 1. The van der Waals surface area contributed by atoms with Crippen LogP contribution in [0, 0.1) is 0 Å². The number of fused-ring (bicyclic) bond motifs is 1. The average Bonchev–Trinajstić information content (AvgIpc) is 3.42. The number of aryl methyl sites for hydroxylation is 1. The van der Waals surface area contributed by atoms with Gasteiger partial charge >= 0.3 is 5.97 Å². The Bertz CT molecular complexity index is 1230. The molecular formula is C16H17FN10O5S3. The summed E-state index contributed by atoms with van der Waals surface area (Å²) in [5.41, 5.74) is 5.44. The van der Waals surface area contributed by atoms with E-state index in [1.807, 2.05) is 0 Å². The number of hydrogen-bond acceptors (Lipinski definition) is 14. The number of anilines is 1. The topological polar surface area (TPSA) is 204 Å². The molecule has 0 bridgehead atoms. The van der Waals surface area contributed by atoms with Crippen LogP contribution in [0.1, 0.15) is 12.7 Å². The van der Waals surface area contributed by atoms with Gasteiger partial charge in [0.1, 0.15) is 17.1 Å². The molecule has 1 unspecified atom stereocenters. The Labute approximate surface area is 208 Å². The van der Waals surface area contributed by atoms with E-state index in [-0.39, 0.29) is 22.4 Å². The number of nitrogens with two attached hydrogens (primary N) is 1. The number of alkyl halides is 1. The number of rotatable bonds is 9. The van der Waals surface area contributed by atoms with Crippen LogP contribution in [0.25, 0.3) is 0 Å². The summed E-state index contributed by atoms with van der Waals surface area (Å²) in [7, 11) is 1.65. The summed E-state index contributed by atoms with van der Waals surface area (Å²) in [6.45, 7) is 1.06. The van der Waals surface area contributed by atoms with E-state index >= 15 is 0 Å². The maximum Gasteiger partial charge on any atom is 0.352 e. The fourth-order valence-corrected chi connectivity index (χ4v) is 5.91. The van der Waals surface area contributed by atoms with Crippen molar-refractivity contribution >= 4 is 63.7 Å². The molecule has 0 aliphatic carbocycles. The number of nitrogens with one attached hydrogen (secondary N) is 1. The molecule has 4 rings (SSSR count). The molecule has 2 aliphatic rings. The molecule has 2 aliphatic heterocycles. The van der Waals surface area contributed by atoms with Crippen LogP contribution in [0.2, 0.25) is 0 Å². The van der Waals surface area contributed by atoms with Gasteiger partial charge in [-0.3, -0.25) is 14.5 Å². The van der Waals surface area contributed by atoms with Gasteiger partial charge in [-0.05, 0) is 16.0 Å². The summed E-state index contributed by atoms with van der Waals surface area (Å²) in [6, 6.07) is -1.05. The van der Waals surface area contributed by atoms with E-state index in [0.29, 0.717) is 16.5 Å². The van der Waals surface area contributed by atoms with Crippen LogP contribution < -0.4 is 11.1 Å². The van der Waals surface area contributed by atoms with Crippen molar-refractivity contribution in [3.8, 4) is 0 Å². The zero-order valence-electron chi connectivity index (χ0n) is 18.0. The van der Waals surface area contributed by atoms with E-state index in [9.17, 15) is 23.9 Å². The first-order valence-electron chi connectivity index (χ1n) is 9.70. The summed E-state index contributed by atoms with van der Waals surface area (Å²) in [5.74, 6) is -2.44. The van der Waals surface area contributed by atoms with Crippen molar-refractivity contribution in [2.75, 3.05) is 17.2 Å². The number of hydrogen-bond donors (Lipinski definition) is 3. The van der Waals surface area contributed by atoms with Crippen molar-refractivity contribution in [3.63, 3.8) is 0 Å². The van der Waals surface area contributed by atoms with Gasteiger partial charge in [-0.15, -0.1) is 16.9 Å². The molecule has 0 saturated carbocycles. The van der Waals surface area contributed by atoms with Gasteiger partial charge in [-0.25, -0.2) is 9.48 Å². The average molecular weight is 545 g/mol. The minimum Gasteiger partial charge on any atom is -0.477 e. The Balaban J connectivity index is 1.50. The van der Waals surface area contributed by atoms with Crippen molar-refractivity contribution in [1.29, 1.82) is 0 Å². The number of tetrazole rings is 1. The first-order valence-corrected chi connectivity index (χ1v) is 12.5. The SMILES string of the molecule is CC(F)ON=C(C(=O)N[C@@H]1C(=O)N2C(C(=O)O)=C(CSc3nnnn3C)CS[C@H]12)c1nsc(N)n1. The van der Waals surface area contributed by atoms with Crippen molar-refractivity contribution < 1.29 is 28.7 Å². The second kappa shape index (κ2) is 10.1. The van der Waals surface area contributed by atoms with Crippen LogP contribution in [0.5, 0.6) is 0 Å². The molecule has 2 aromatic heterocycles. The summed E-state index contributed by atoms with van der Waals surface area (Å²) in [6.07, 6.45) is -1.82. The van der Waals surface area contributed by atoms with Gasteiger partial charge in [-0.2, -0.15) is 13.7 Å². The number of halogens is 1. The van der Waals surface area contributed by atoms with Gasteiger partial charge in [-0.1, -0.05) is 16.9 Å². The number of amides is 2. The Hall–Kier alpha value is -3.32. The molecule has 2 aromatic rings. The molecule has 35 heavy (non-hydrogen) atoms. The molecular weight excluding hydrogens is 527 g/mol. The summed E-state index contributed by atoms with van der Waals surface area (Å²) in [5, 5.41) is 26.7. The third-order valence-corrected chi connectivity index (χ3v) is 7.63. The molecule has 3 atom stereocenters. The second-order valence-corrected chi connectivity index (χ2v) is 9.87. The van der Waals surface area contributed by atoms with Crippen molar-refractivity contribution in [1.82, 2.24) is 39.8 Å². The second-order valence-electron chi connectivity index (χ2n) is 7.04. The standard InChI is InChI=1S/C16H17FN10O5S3/c1-5(17)32-22-7(10-20-15(18)35-23-10)11(28)19-8-12(29)27-9(14(30)31)6(3-33-13(8)27)4-34-16-21-24-25-26(16)2/h5,8,13H,3-4H2,1-2H3,(H,19,28)(H,30,31)(H2,18,20,23)/t5?,8-,13-/m1/s1. The number of aliphatic carboxylic acids is 1. The van der Waals surface area contributed by atoms with Gasteiger partial charge < -0.3 is 21.0 Å². The van der Waals surface area contributed by atoms with Gasteiger partial charge in [0.05, 0.1) is 0 Å². The van der Waals surface area contributed by atoms with E-state index < -0.39 is 41.3 Å². The van der Waals surface area contributed by atoms with Crippen LogP contribution in [0.15, 0.2) is 21.6 Å². The number of carboxylic acid groups (broad SMARTS) is 1. The van der Waals surface area contributed by atoms with Crippen LogP contribution in [-0.4, -0.2) is 92.3 Å². The van der Waals surface area contributed by atoms with Gasteiger partial charge in [0.25, 0.3) is 18.2 Å². The molecule has 15 nitrogen and oxygen atoms in total. The maximum atomic E-state index is 13.1. The van der Waals surface area contributed by atoms with Crippen molar-refractivity contribution in [2.24, 2.45) is 12.2 Å². The number of nitrogens with zero attached hydrogens (tertiary/aromatic N) is 8. The first kappa shape index (κ1) is 24.8. The molecule has 0 aromatic carbocycles. The van der Waals surface area contributed by atoms with Crippen LogP contribution in [0.3, 0.4) is 0 Å². The lowest BCUT2D eigenvalue weighted by Gasteiger charge is -2.49. The lowest BCUT2D eigenvalue weighted by molar-refractivity contribution is -0.150.